The molecular weight excluding hydrogens is 273 g/mol. The maximum absolute atomic E-state index is 13.3. The molecule has 0 saturated heterocycles. The fraction of sp³-hybridized carbons (Fsp3) is 0.562. The van der Waals surface area contributed by atoms with Crippen molar-refractivity contribution < 1.29 is 9.13 Å². The van der Waals surface area contributed by atoms with Crippen molar-refractivity contribution in [1.29, 1.82) is 0 Å². The van der Waals surface area contributed by atoms with E-state index in [2.05, 4.69) is 13.8 Å². The van der Waals surface area contributed by atoms with E-state index in [1.165, 1.54) is 18.6 Å². The molecular formula is C16H22FNOS. The molecule has 0 bridgehead atoms. The summed E-state index contributed by atoms with van der Waals surface area (Å²) in [4.78, 5) is 0.286. The first-order valence-corrected chi connectivity index (χ1v) is 7.58. The van der Waals surface area contributed by atoms with Crippen molar-refractivity contribution in [2.45, 2.75) is 45.8 Å². The Labute approximate surface area is 125 Å². The van der Waals surface area contributed by atoms with E-state index in [0.717, 1.165) is 24.3 Å². The van der Waals surface area contributed by atoms with Gasteiger partial charge in [-0.25, -0.2) is 4.39 Å². The number of ether oxygens (including phenoxy) is 1. The van der Waals surface area contributed by atoms with Gasteiger partial charge in [0.25, 0.3) is 0 Å². The maximum Gasteiger partial charge on any atom is 0.123 e. The molecule has 0 radical (unpaired) electrons. The number of hydrogen-bond donors (Lipinski definition) is 1. The van der Waals surface area contributed by atoms with Crippen LogP contribution in [0.5, 0.6) is 0 Å². The summed E-state index contributed by atoms with van der Waals surface area (Å²) in [5.41, 5.74) is 7.11. The molecule has 0 aliphatic heterocycles. The lowest BCUT2D eigenvalue weighted by Crippen LogP contribution is -2.27. The molecule has 1 aromatic carbocycles. The van der Waals surface area contributed by atoms with Gasteiger partial charge < -0.3 is 10.5 Å². The zero-order valence-electron chi connectivity index (χ0n) is 12.1. The summed E-state index contributed by atoms with van der Waals surface area (Å²) >= 11 is 5.00. The highest BCUT2D eigenvalue weighted by atomic mass is 32.1. The van der Waals surface area contributed by atoms with Gasteiger partial charge >= 0.3 is 0 Å². The zero-order valence-corrected chi connectivity index (χ0v) is 12.9. The van der Waals surface area contributed by atoms with E-state index >= 15 is 0 Å². The molecule has 3 atom stereocenters. The van der Waals surface area contributed by atoms with Crippen LogP contribution in [-0.2, 0) is 11.3 Å². The highest BCUT2D eigenvalue weighted by molar-refractivity contribution is 7.80. The van der Waals surface area contributed by atoms with Crippen LogP contribution in [0, 0.1) is 17.7 Å². The molecule has 2 rings (SSSR count). The molecule has 110 valence electrons. The lowest BCUT2D eigenvalue weighted by Gasteiger charge is -2.32. The van der Waals surface area contributed by atoms with Crippen molar-refractivity contribution in [2.24, 2.45) is 17.6 Å². The molecule has 1 aliphatic carbocycles. The predicted molar refractivity (Wildman–Crippen MR) is 83.0 cm³/mol. The topological polar surface area (TPSA) is 35.2 Å². The molecule has 4 heteroatoms. The quantitative estimate of drug-likeness (QED) is 0.858. The van der Waals surface area contributed by atoms with Crippen LogP contribution in [0.25, 0.3) is 0 Å². The molecule has 1 fully saturated rings. The van der Waals surface area contributed by atoms with E-state index in [1.54, 1.807) is 6.07 Å². The van der Waals surface area contributed by atoms with Crippen molar-refractivity contribution >= 4 is 17.2 Å². The molecule has 1 saturated carbocycles. The highest BCUT2D eigenvalue weighted by Crippen LogP contribution is 2.31. The van der Waals surface area contributed by atoms with Crippen LogP contribution in [0.4, 0.5) is 4.39 Å². The summed E-state index contributed by atoms with van der Waals surface area (Å²) in [6, 6.07) is 4.47. The Bertz CT molecular complexity index is 491. The molecule has 1 aliphatic rings. The van der Waals surface area contributed by atoms with Crippen LogP contribution in [0.2, 0.25) is 0 Å². The van der Waals surface area contributed by atoms with Gasteiger partial charge in [0.05, 0.1) is 12.7 Å². The summed E-state index contributed by atoms with van der Waals surface area (Å²) in [5, 5.41) is 0. The summed E-state index contributed by atoms with van der Waals surface area (Å²) < 4.78 is 19.3. The first kappa shape index (κ1) is 15.4. The molecule has 2 nitrogen and oxygen atoms in total. The smallest absolute Gasteiger partial charge is 0.123 e. The fourth-order valence-electron chi connectivity index (χ4n) is 2.78. The van der Waals surface area contributed by atoms with E-state index in [4.69, 9.17) is 22.7 Å². The minimum absolute atomic E-state index is 0.253. The van der Waals surface area contributed by atoms with Crippen molar-refractivity contribution in [1.82, 2.24) is 0 Å². The average Bonchev–Trinajstić information content (AvgIpc) is 2.40. The van der Waals surface area contributed by atoms with E-state index in [-0.39, 0.29) is 16.9 Å². The third kappa shape index (κ3) is 3.76. The normalized spacial score (nSPS) is 26.4. The van der Waals surface area contributed by atoms with Gasteiger partial charge in [-0.15, -0.1) is 0 Å². The maximum atomic E-state index is 13.3. The SMILES string of the molecule is CC1CCC(OCc2cc(F)ccc2C(N)=S)CC1C. The van der Waals surface area contributed by atoms with Crippen LogP contribution in [0.1, 0.15) is 44.2 Å². The van der Waals surface area contributed by atoms with Crippen LogP contribution >= 0.6 is 12.2 Å². The Kier molecular flexibility index (Phi) is 5.11. The standard InChI is InChI=1S/C16H22FNOS/c1-10-3-5-14(7-11(10)2)19-9-12-8-13(17)4-6-15(12)16(18)20/h4,6,8,10-11,14H,3,5,7,9H2,1-2H3,(H2,18,20). The van der Waals surface area contributed by atoms with E-state index in [0.29, 0.717) is 18.1 Å². The molecule has 0 heterocycles. The van der Waals surface area contributed by atoms with Crippen molar-refractivity contribution in [2.75, 3.05) is 0 Å². The number of nitrogens with two attached hydrogens (primary N) is 1. The predicted octanol–water partition coefficient (Wildman–Crippen LogP) is 3.80. The number of hydrogen-bond acceptors (Lipinski definition) is 2. The Morgan fingerprint density at radius 2 is 2.10 bits per heavy atom. The van der Waals surface area contributed by atoms with Crippen LogP contribution in [0.15, 0.2) is 18.2 Å². The Morgan fingerprint density at radius 3 is 2.75 bits per heavy atom. The molecule has 0 spiro atoms. The van der Waals surface area contributed by atoms with Crippen LogP contribution in [-0.4, -0.2) is 11.1 Å². The fourth-order valence-corrected chi connectivity index (χ4v) is 2.98. The highest BCUT2D eigenvalue weighted by Gasteiger charge is 2.25. The Morgan fingerprint density at radius 1 is 1.35 bits per heavy atom. The second-order valence-corrected chi connectivity index (χ2v) is 6.31. The van der Waals surface area contributed by atoms with Gasteiger partial charge in [0.1, 0.15) is 10.8 Å². The number of thiocarbonyl (C=S) groups is 1. The average molecular weight is 295 g/mol. The van der Waals surface area contributed by atoms with Crippen LogP contribution in [0.3, 0.4) is 0 Å². The molecule has 2 N–H and O–H groups in total. The lowest BCUT2D eigenvalue weighted by molar-refractivity contribution is -0.00757. The lowest BCUT2D eigenvalue weighted by atomic mass is 9.80. The molecule has 3 unspecified atom stereocenters. The second kappa shape index (κ2) is 6.64. The largest absolute Gasteiger partial charge is 0.389 e. The summed E-state index contributed by atoms with van der Waals surface area (Å²) in [6.45, 7) is 4.93. The number of rotatable bonds is 4. The summed E-state index contributed by atoms with van der Waals surface area (Å²) in [7, 11) is 0. The Hall–Kier alpha value is -1.00. The van der Waals surface area contributed by atoms with Gasteiger partial charge in [-0.1, -0.05) is 26.1 Å². The third-order valence-electron chi connectivity index (χ3n) is 4.36. The molecule has 20 heavy (non-hydrogen) atoms. The first-order valence-electron chi connectivity index (χ1n) is 7.17. The minimum atomic E-state index is -0.283. The number of benzene rings is 1. The van der Waals surface area contributed by atoms with E-state index < -0.39 is 0 Å². The van der Waals surface area contributed by atoms with Gasteiger partial charge in [-0.05, 0) is 54.9 Å². The number of halogens is 1. The van der Waals surface area contributed by atoms with Gasteiger partial charge in [0.2, 0.25) is 0 Å². The van der Waals surface area contributed by atoms with Crippen LogP contribution < -0.4 is 5.73 Å². The van der Waals surface area contributed by atoms with Crippen molar-refractivity contribution in [3.63, 3.8) is 0 Å². The van der Waals surface area contributed by atoms with E-state index in [1.807, 2.05) is 0 Å². The third-order valence-corrected chi connectivity index (χ3v) is 4.58. The molecule has 0 amide bonds. The summed E-state index contributed by atoms with van der Waals surface area (Å²) in [5.74, 6) is 1.15. The van der Waals surface area contributed by atoms with Crippen molar-refractivity contribution in [3.05, 3.63) is 35.1 Å². The summed E-state index contributed by atoms with van der Waals surface area (Å²) in [6.07, 6.45) is 3.59. The molecule has 0 aromatic heterocycles. The monoisotopic (exact) mass is 295 g/mol. The first-order chi connectivity index (χ1) is 9.47. The minimum Gasteiger partial charge on any atom is -0.389 e. The van der Waals surface area contributed by atoms with Gasteiger partial charge in [0.15, 0.2) is 0 Å². The van der Waals surface area contributed by atoms with Gasteiger partial charge in [-0.2, -0.15) is 0 Å². The van der Waals surface area contributed by atoms with Gasteiger partial charge in [0, 0.05) is 5.56 Å². The zero-order chi connectivity index (χ0) is 14.7. The Balaban J connectivity index is 2.00. The molecule has 1 aromatic rings. The second-order valence-electron chi connectivity index (χ2n) is 5.87. The van der Waals surface area contributed by atoms with Gasteiger partial charge in [-0.3, -0.25) is 0 Å². The van der Waals surface area contributed by atoms with Crippen molar-refractivity contribution in [3.8, 4) is 0 Å². The van der Waals surface area contributed by atoms with E-state index in [9.17, 15) is 4.39 Å².